The van der Waals surface area contributed by atoms with Crippen molar-refractivity contribution >= 4 is 0 Å². The third-order valence-corrected chi connectivity index (χ3v) is 4.72. The molecule has 0 bridgehead atoms. The SMILES string of the molecule is CCCCC(CC)CN(CC1CCNCC1)C(C)C. The predicted octanol–water partition coefficient (Wildman–Crippen LogP) is 3.91. The van der Waals surface area contributed by atoms with Crippen LogP contribution in [0.15, 0.2) is 0 Å². The van der Waals surface area contributed by atoms with E-state index in [9.17, 15) is 0 Å². The van der Waals surface area contributed by atoms with Gasteiger partial charge in [0.15, 0.2) is 0 Å². The van der Waals surface area contributed by atoms with E-state index in [1.807, 2.05) is 0 Å². The van der Waals surface area contributed by atoms with Gasteiger partial charge in [0.2, 0.25) is 0 Å². The van der Waals surface area contributed by atoms with E-state index in [-0.39, 0.29) is 0 Å². The number of hydrogen-bond donors (Lipinski definition) is 1. The molecule has 0 radical (unpaired) electrons. The Kier molecular flexibility index (Phi) is 8.72. The fourth-order valence-corrected chi connectivity index (χ4v) is 3.14. The van der Waals surface area contributed by atoms with Crippen LogP contribution in [0.4, 0.5) is 0 Å². The van der Waals surface area contributed by atoms with Crippen LogP contribution >= 0.6 is 0 Å². The lowest BCUT2D eigenvalue weighted by Gasteiger charge is -2.35. The normalized spacial score (nSPS) is 19.3. The lowest BCUT2D eigenvalue weighted by molar-refractivity contribution is 0.140. The number of hydrogen-bond acceptors (Lipinski definition) is 2. The van der Waals surface area contributed by atoms with E-state index in [1.54, 1.807) is 0 Å². The maximum atomic E-state index is 3.48. The first-order chi connectivity index (χ1) is 9.17. The first-order valence-electron chi connectivity index (χ1n) is 8.62. The summed E-state index contributed by atoms with van der Waals surface area (Å²) in [6, 6.07) is 0.700. The Labute approximate surface area is 121 Å². The molecule has 0 aliphatic carbocycles. The minimum absolute atomic E-state index is 0.700. The Hall–Kier alpha value is -0.0800. The summed E-state index contributed by atoms with van der Waals surface area (Å²) in [5.41, 5.74) is 0. The summed E-state index contributed by atoms with van der Waals surface area (Å²) >= 11 is 0. The van der Waals surface area contributed by atoms with E-state index in [4.69, 9.17) is 0 Å². The van der Waals surface area contributed by atoms with Gasteiger partial charge in [-0.1, -0.05) is 33.1 Å². The molecule has 0 aromatic rings. The number of nitrogens with one attached hydrogen (secondary N) is 1. The molecule has 0 saturated carbocycles. The van der Waals surface area contributed by atoms with E-state index >= 15 is 0 Å². The summed E-state index contributed by atoms with van der Waals surface area (Å²) < 4.78 is 0. The molecule has 1 saturated heterocycles. The molecule has 0 aromatic carbocycles. The minimum atomic E-state index is 0.700. The van der Waals surface area contributed by atoms with Crippen LogP contribution in [0.25, 0.3) is 0 Å². The Morgan fingerprint density at radius 2 is 1.84 bits per heavy atom. The van der Waals surface area contributed by atoms with Gasteiger partial charge in [-0.3, -0.25) is 0 Å². The first kappa shape index (κ1) is 17.0. The van der Waals surface area contributed by atoms with Crippen LogP contribution in [0.3, 0.4) is 0 Å². The predicted molar refractivity (Wildman–Crippen MR) is 85.6 cm³/mol. The summed E-state index contributed by atoms with van der Waals surface area (Å²) in [7, 11) is 0. The molecule has 0 amide bonds. The zero-order valence-electron chi connectivity index (χ0n) is 13.8. The zero-order valence-corrected chi connectivity index (χ0v) is 13.8. The molecule has 1 aliphatic heterocycles. The molecule has 1 rings (SSSR count). The molecular formula is C17H36N2. The lowest BCUT2D eigenvalue weighted by atomic mass is 9.94. The number of rotatable bonds is 9. The fraction of sp³-hybridized carbons (Fsp3) is 1.00. The second kappa shape index (κ2) is 9.77. The molecule has 1 aliphatic rings. The van der Waals surface area contributed by atoms with Gasteiger partial charge >= 0.3 is 0 Å². The Bertz CT molecular complexity index is 209. The highest BCUT2D eigenvalue weighted by Gasteiger charge is 2.21. The molecule has 1 unspecified atom stereocenters. The molecule has 19 heavy (non-hydrogen) atoms. The van der Waals surface area contributed by atoms with Crippen LogP contribution in [-0.4, -0.2) is 37.1 Å². The van der Waals surface area contributed by atoms with Crippen molar-refractivity contribution in [2.24, 2.45) is 11.8 Å². The third-order valence-electron chi connectivity index (χ3n) is 4.72. The summed E-state index contributed by atoms with van der Waals surface area (Å²) in [6.07, 6.45) is 8.24. The van der Waals surface area contributed by atoms with Crippen LogP contribution < -0.4 is 5.32 Å². The highest BCUT2D eigenvalue weighted by molar-refractivity contribution is 4.76. The Balaban J connectivity index is 2.41. The van der Waals surface area contributed by atoms with Crippen LogP contribution in [0.2, 0.25) is 0 Å². The van der Waals surface area contributed by atoms with Crippen molar-refractivity contribution in [1.29, 1.82) is 0 Å². The zero-order chi connectivity index (χ0) is 14.1. The summed E-state index contributed by atoms with van der Waals surface area (Å²) in [6.45, 7) is 14.5. The molecule has 1 fully saturated rings. The van der Waals surface area contributed by atoms with Gasteiger partial charge in [0.05, 0.1) is 0 Å². The summed E-state index contributed by atoms with van der Waals surface area (Å²) in [5, 5.41) is 3.48. The van der Waals surface area contributed by atoms with Gasteiger partial charge in [0.25, 0.3) is 0 Å². The monoisotopic (exact) mass is 268 g/mol. The smallest absolute Gasteiger partial charge is 0.00388 e. The molecular weight excluding hydrogens is 232 g/mol. The van der Waals surface area contributed by atoms with E-state index in [0.29, 0.717) is 6.04 Å². The maximum absolute atomic E-state index is 3.48. The van der Waals surface area contributed by atoms with Gasteiger partial charge in [0.1, 0.15) is 0 Å². The van der Waals surface area contributed by atoms with Gasteiger partial charge in [-0.05, 0) is 58.0 Å². The number of piperidine rings is 1. The topological polar surface area (TPSA) is 15.3 Å². The average Bonchev–Trinajstić information content (AvgIpc) is 2.43. The largest absolute Gasteiger partial charge is 0.317 e. The van der Waals surface area contributed by atoms with Crippen molar-refractivity contribution in [1.82, 2.24) is 10.2 Å². The quantitative estimate of drug-likeness (QED) is 0.682. The molecule has 2 heteroatoms. The van der Waals surface area contributed by atoms with Crippen molar-refractivity contribution in [2.45, 2.75) is 72.3 Å². The second-order valence-electron chi connectivity index (χ2n) is 6.66. The average molecular weight is 268 g/mol. The molecule has 0 spiro atoms. The van der Waals surface area contributed by atoms with Crippen LogP contribution in [0, 0.1) is 11.8 Å². The van der Waals surface area contributed by atoms with Crippen molar-refractivity contribution in [3.8, 4) is 0 Å². The van der Waals surface area contributed by atoms with E-state index in [2.05, 4.69) is 37.9 Å². The third kappa shape index (κ3) is 6.76. The van der Waals surface area contributed by atoms with Gasteiger partial charge in [-0.15, -0.1) is 0 Å². The standard InChI is InChI=1S/C17H36N2/c1-5-7-8-16(6-2)13-19(15(3)4)14-17-9-11-18-12-10-17/h15-18H,5-14H2,1-4H3. The van der Waals surface area contributed by atoms with Crippen LogP contribution in [-0.2, 0) is 0 Å². The van der Waals surface area contributed by atoms with Gasteiger partial charge < -0.3 is 10.2 Å². The van der Waals surface area contributed by atoms with Crippen molar-refractivity contribution in [2.75, 3.05) is 26.2 Å². The van der Waals surface area contributed by atoms with E-state index < -0.39 is 0 Å². The molecule has 114 valence electrons. The van der Waals surface area contributed by atoms with Crippen molar-refractivity contribution in [3.63, 3.8) is 0 Å². The van der Waals surface area contributed by atoms with Gasteiger partial charge in [0, 0.05) is 19.1 Å². The van der Waals surface area contributed by atoms with Crippen LogP contribution in [0.5, 0.6) is 0 Å². The highest BCUT2D eigenvalue weighted by atomic mass is 15.1. The van der Waals surface area contributed by atoms with Gasteiger partial charge in [-0.25, -0.2) is 0 Å². The Morgan fingerprint density at radius 1 is 1.16 bits per heavy atom. The molecule has 0 aromatic heterocycles. The first-order valence-corrected chi connectivity index (χ1v) is 8.62. The second-order valence-corrected chi connectivity index (χ2v) is 6.66. The molecule has 1 atom stereocenters. The Morgan fingerprint density at radius 3 is 2.37 bits per heavy atom. The number of unbranched alkanes of at least 4 members (excludes halogenated alkanes) is 1. The minimum Gasteiger partial charge on any atom is -0.317 e. The van der Waals surface area contributed by atoms with Crippen molar-refractivity contribution in [3.05, 3.63) is 0 Å². The summed E-state index contributed by atoms with van der Waals surface area (Å²) in [4.78, 5) is 2.75. The maximum Gasteiger partial charge on any atom is 0.00388 e. The van der Waals surface area contributed by atoms with E-state index in [1.165, 1.54) is 64.7 Å². The fourth-order valence-electron chi connectivity index (χ4n) is 3.14. The molecule has 1 N–H and O–H groups in total. The molecule has 1 heterocycles. The van der Waals surface area contributed by atoms with E-state index in [0.717, 1.165) is 11.8 Å². The van der Waals surface area contributed by atoms with Crippen molar-refractivity contribution < 1.29 is 0 Å². The number of nitrogens with zero attached hydrogens (tertiary/aromatic N) is 1. The molecule has 2 nitrogen and oxygen atoms in total. The lowest BCUT2D eigenvalue weighted by Crippen LogP contribution is -2.41. The van der Waals surface area contributed by atoms with Crippen LogP contribution in [0.1, 0.15) is 66.2 Å². The van der Waals surface area contributed by atoms with Gasteiger partial charge in [-0.2, -0.15) is 0 Å². The highest BCUT2D eigenvalue weighted by Crippen LogP contribution is 2.19. The summed E-state index contributed by atoms with van der Waals surface area (Å²) in [5.74, 6) is 1.83.